The van der Waals surface area contributed by atoms with E-state index in [4.69, 9.17) is 9.47 Å². The maximum Gasteiger partial charge on any atom is 0.294 e. The van der Waals surface area contributed by atoms with Crippen molar-refractivity contribution in [3.8, 4) is 11.5 Å². The number of halogens is 3. The van der Waals surface area contributed by atoms with Crippen molar-refractivity contribution in [1.29, 1.82) is 0 Å². The first-order valence-electron chi connectivity index (χ1n) is 10.8. The summed E-state index contributed by atoms with van der Waals surface area (Å²) in [5.41, 5.74) is 1.79. The Morgan fingerprint density at radius 1 is 1.11 bits per heavy atom. The zero-order valence-electron chi connectivity index (χ0n) is 19.3. The van der Waals surface area contributed by atoms with Crippen LogP contribution in [0.3, 0.4) is 0 Å². The largest absolute Gasteiger partial charge is 0.493 e. The van der Waals surface area contributed by atoms with Crippen molar-refractivity contribution in [2.45, 2.75) is 6.61 Å². The molecule has 1 aliphatic heterocycles. The number of carbonyl (C=O) groups is 3. The number of amides is 3. The highest BCUT2D eigenvalue weighted by Gasteiger charge is 2.36. The minimum atomic E-state index is -0.620. The molecule has 0 saturated carbocycles. The Morgan fingerprint density at radius 2 is 1.86 bits per heavy atom. The number of imide groups is 1. The average molecular weight is 650 g/mol. The van der Waals surface area contributed by atoms with E-state index >= 15 is 0 Å². The number of thioether (sulfide) groups is 1. The van der Waals surface area contributed by atoms with E-state index in [1.807, 2.05) is 24.3 Å². The fourth-order valence-corrected chi connectivity index (χ4v) is 5.07. The van der Waals surface area contributed by atoms with Crippen molar-refractivity contribution in [1.82, 2.24) is 4.90 Å². The van der Waals surface area contributed by atoms with Gasteiger partial charge in [0.1, 0.15) is 19.0 Å². The van der Waals surface area contributed by atoms with Crippen LogP contribution in [0.5, 0.6) is 11.5 Å². The van der Waals surface area contributed by atoms with Crippen LogP contribution in [0.25, 0.3) is 6.08 Å². The molecule has 1 heterocycles. The first kappa shape index (κ1) is 26.9. The van der Waals surface area contributed by atoms with E-state index in [9.17, 15) is 18.8 Å². The molecule has 0 aliphatic carbocycles. The predicted octanol–water partition coefficient (Wildman–Crippen LogP) is 6.61. The summed E-state index contributed by atoms with van der Waals surface area (Å²) in [6, 6.07) is 16.5. The van der Waals surface area contributed by atoms with Crippen molar-refractivity contribution < 1.29 is 28.2 Å². The van der Waals surface area contributed by atoms with Crippen molar-refractivity contribution in [3.63, 3.8) is 0 Å². The van der Waals surface area contributed by atoms with E-state index < -0.39 is 29.4 Å². The Balaban J connectivity index is 1.46. The number of methoxy groups -OCH3 is 1. The second-order valence-electron chi connectivity index (χ2n) is 7.78. The third-order valence-electron chi connectivity index (χ3n) is 5.13. The lowest BCUT2D eigenvalue weighted by Gasteiger charge is -2.14. The van der Waals surface area contributed by atoms with Gasteiger partial charge in [-0.05, 0) is 87.4 Å². The summed E-state index contributed by atoms with van der Waals surface area (Å²) < 4.78 is 26.4. The van der Waals surface area contributed by atoms with Crippen LogP contribution < -0.4 is 14.8 Å². The lowest BCUT2D eigenvalue weighted by molar-refractivity contribution is -0.127. The third kappa shape index (κ3) is 6.79. The van der Waals surface area contributed by atoms with Crippen LogP contribution in [0.2, 0.25) is 0 Å². The minimum absolute atomic E-state index is 0.154. The highest BCUT2D eigenvalue weighted by Crippen LogP contribution is 2.39. The fourth-order valence-electron chi connectivity index (χ4n) is 3.40. The van der Waals surface area contributed by atoms with Crippen LogP contribution >= 0.6 is 43.6 Å². The van der Waals surface area contributed by atoms with Crippen molar-refractivity contribution in [3.05, 3.63) is 91.5 Å². The molecular weight excluding hydrogens is 631 g/mol. The summed E-state index contributed by atoms with van der Waals surface area (Å²) in [5, 5.41) is 1.90. The summed E-state index contributed by atoms with van der Waals surface area (Å²) in [6.07, 6.45) is 1.54. The molecule has 3 amide bonds. The van der Waals surface area contributed by atoms with Crippen molar-refractivity contribution in [2.75, 3.05) is 19.0 Å². The molecule has 7 nitrogen and oxygen atoms in total. The molecule has 1 aliphatic rings. The van der Waals surface area contributed by atoms with E-state index in [1.165, 1.54) is 25.3 Å². The highest BCUT2D eigenvalue weighted by atomic mass is 79.9. The molecule has 0 aromatic heterocycles. The normalized spacial score (nSPS) is 14.3. The molecule has 37 heavy (non-hydrogen) atoms. The predicted molar refractivity (Wildman–Crippen MR) is 147 cm³/mol. The number of hydrogen-bond donors (Lipinski definition) is 1. The van der Waals surface area contributed by atoms with Gasteiger partial charge in [-0.2, -0.15) is 0 Å². The van der Waals surface area contributed by atoms with Crippen LogP contribution in [0.1, 0.15) is 11.1 Å². The van der Waals surface area contributed by atoms with E-state index in [0.717, 1.165) is 32.8 Å². The molecule has 0 bridgehead atoms. The Morgan fingerprint density at radius 3 is 2.57 bits per heavy atom. The molecule has 190 valence electrons. The number of hydrogen-bond acceptors (Lipinski definition) is 6. The van der Waals surface area contributed by atoms with E-state index in [2.05, 4.69) is 37.2 Å². The molecule has 11 heteroatoms. The van der Waals surface area contributed by atoms with Gasteiger partial charge in [0, 0.05) is 10.2 Å². The molecule has 3 aromatic carbocycles. The molecule has 1 N–H and O–H groups in total. The van der Waals surface area contributed by atoms with Gasteiger partial charge in [0.25, 0.3) is 11.1 Å². The second-order valence-corrected chi connectivity index (χ2v) is 10.5. The molecule has 1 fully saturated rings. The van der Waals surface area contributed by atoms with Gasteiger partial charge >= 0.3 is 0 Å². The number of ether oxygens (including phenoxy) is 2. The summed E-state index contributed by atoms with van der Waals surface area (Å²) in [4.78, 5) is 38.6. The molecule has 1 saturated heterocycles. The van der Waals surface area contributed by atoms with Gasteiger partial charge < -0.3 is 14.8 Å². The second kappa shape index (κ2) is 11.9. The smallest absolute Gasteiger partial charge is 0.294 e. The molecule has 0 unspecified atom stereocenters. The summed E-state index contributed by atoms with van der Waals surface area (Å²) >= 11 is 7.62. The molecule has 4 rings (SSSR count). The number of nitrogens with one attached hydrogen (secondary N) is 1. The van der Waals surface area contributed by atoms with Crippen LogP contribution in [0, 0.1) is 5.82 Å². The maximum absolute atomic E-state index is 13.3. The van der Waals surface area contributed by atoms with E-state index in [1.54, 1.807) is 18.2 Å². The average Bonchev–Trinajstić information content (AvgIpc) is 3.11. The van der Waals surface area contributed by atoms with E-state index in [-0.39, 0.29) is 10.6 Å². The standard InChI is InChI=1S/C26H19Br2FN2O5S/c1-35-21-10-16(9-20(28)24(21)36-14-15-5-7-17(27)8-6-15)11-22-25(33)31(26(34)37-22)13-23(32)30-19-4-2-3-18(29)12-19/h2-12H,13-14H2,1H3,(H,30,32)/b22-11+. The summed E-state index contributed by atoms with van der Waals surface area (Å²) in [7, 11) is 1.50. The first-order valence-corrected chi connectivity index (χ1v) is 13.2. The number of carbonyl (C=O) groups excluding carboxylic acids is 3. The highest BCUT2D eigenvalue weighted by molar-refractivity contribution is 9.10. The summed E-state index contributed by atoms with van der Waals surface area (Å²) in [6.45, 7) is -0.174. The van der Waals surface area contributed by atoms with Gasteiger partial charge in [0.15, 0.2) is 11.5 Å². The molecule has 3 aromatic rings. The molecule has 0 atom stereocenters. The van der Waals surface area contributed by atoms with Gasteiger partial charge in [-0.1, -0.05) is 34.1 Å². The zero-order chi connectivity index (χ0) is 26.5. The van der Waals surface area contributed by atoms with Crippen LogP contribution in [-0.4, -0.2) is 35.6 Å². The van der Waals surface area contributed by atoms with Gasteiger partial charge in [0.05, 0.1) is 16.5 Å². The number of nitrogens with zero attached hydrogens (tertiary/aromatic N) is 1. The van der Waals surface area contributed by atoms with Gasteiger partial charge in [-0.15, -0.1) is 0 Å². The SMILES string of the molecule is COc1cc(/C=C2/SC(=O)N(CC(=O)Nc3cccc(F)c3)C2=O)cc(Br)c1OCc1ccc(Br)cc1. The van der Waals surface area contributed by atoms with Crippen molar-refractivity contribution >= 4 is 72.4 Å². The minimum Gasteiger partial charge on any atom is -0.493 e. The lowest BCUT2D eigenvalue weighted by Crippen LogP contribution is -2.36. The van der Waals surface area contributed by atoms with Gasteiger partial charge in [-0.25, -0.2) is 4.39 Å². The van der Waals surface area contributed by atoms with Crippen molar-refractivity contribution in [2.24, 2.45) is 0 Å². The van der Waals surface area contributed by atoms with Gasteiger partial charge in [0.2, 0.25) is 5.91 Å². The Hall–Kier alpha value is -3.15. The molecular formula is C26H19Br2FN2O5S. The number of benzene rings is 3. The van der Waals surface area contributed by atoms with Gasteiger partial charge in [-0.3, -0.25) is 19.3 Å². The number of rotatable bonds is 8. The quantitative estimate of drug-likeness (QED) is 0.276. The maximum atomic E-state index is 13.3. The Kier molecular flexibility index (Phi) is 8.67. The molecule has 0 radical (unpaired) electrons. The zero-order valence-corrected chi connectivity index (χ0v) is 23.3. The topological polar surface area (TPSA) is 84.9 Å². The van der Waals surface area contributed by atoms with Crippen LogP contribution in [-0.2, 0) is 16.2 Å². The molecule has 0 spiro atoms. The monoisotopic (exact) mass is 648 g/mol. The summed E-state index contributed by atoms with van der Waals surface area (Å²) in [5.74, 6) is -0.810. The lowest BCUT2D eigenvalue weighted by atomic mass is 10.1. The van der Waals surface area contributed by atoms with Crippen LogP contribution in [0.15, 0.2) is 74.5 Å². The Labute approximate surface area is 233 Å². The number of anilines is 1. The fraction of sp³-hybridized carbons (Fsp3) is 0.115. The Bertz CT molecular complexity index is 1400. The van der Waals surface area contributed by atoms with E-state index in [0.29, 0.717) is 28.1 Å². The third-order valence-corrected chi connectivity index (χ3v) is 7.15. The first-order chi connectivity index (χ1) is 17.7. The van der Waals surface area contributed by atoms with Crippen LogP contribution in [0.4, 0.5) is 14.9 Å².